The number of hydrogen-bond acceptors (Lipinski definition) is 6. The molecule has 0 aliphatic carbocycles. The Labute approximate surface area is 157 Å². The summed E-state index contributed by atoms with van der Waals surface area (Å²) in [6, 6.07) is 16.3. The molecule has 0 spiro atoms. The Bertz CT molecular complexity index is 876. The van der Waals surface area contributed by atoms with Gasteiger partial charge in [0.1, 0.15) is 5.75 Å². The minimum absolute atomic E-state index is 0.0435. The largest absolute Gasteiger partial charge is 0.491 e. The average Bonchev–Trinajstić information content (AvgIpc) is 3.17. The van der Waals surface area contributed by atoms with Gasteiger partial charge < -0.3 is 19.7 Å². The lowest BCUT2D eigenvalue weighted by Gasteiger charge is -2.10. The van der Waals surface area contributed by atoms with Crippen molar-refractivity contribution in [2.75, 3.05) is 6.54 Å². The molecular weight excluding hydrogens is 346 g/mol. The third kappa shape index (κ3) is 4.92. The van der Waals surface area contributed by atoms with Gasteiger partial charge in [-0.1, -0.05) is 35.5 Å². The normalized spacial score (nSPS) is 12.0. The summed E-state index contributed by atoms with van der Waals surface area (Å²) in [6.45, 7) is 3.95. The molecule has 0 unspecified atom stereocenters. The number of hydrogen-bond donors (Lipinski definition) is 2. The van der Waals surface area contributed by atoms with E-state index >= 15 is 0 Å². The van der Waals surface area contributed by atoms with E-state index in [0.717, 1.165) is 5.75 Å². The van der Waals surface area contributed by atoms with Gasteiger partial charge in [-0.3, -0.25) is 4.79 Å². The van der Waals surface area contributed by atoms with E-state index in [2.05, 4.69) is 15.5 Å². The highest BCUT2D eigenvalue weighted by molar-refractivity contribution is 5.89. The molecule has 2 aromatic carbocycles. The van der Waals surface area contributed by atoms with Crippen LogP contribution in [0.15, 0.2) is 59.1 Å². The number of aliphatic hydroxyl groups excluding tert-OH is 1. The molecule has 0 radical (unpaired) electrons. The molecule has 1 heterocycles. The van der Waals surface area contributed by atoms with Crippen LogP contribution in [0.2, 0.25) is 0 Å². The monoisotopic (exact) mass is 367 g/mol. The molecule has 1 amide bonds. The van der Waals surface area contributed by atoms with Crippen LogP contribution in [-0.4, -0.2) is 33.8 Å². The minimum atomic E-state index is -0.814. The molecule has 0 saturated carbocycles. The molecule has 0 fully saturated rings. The van der Waals surface area contributed by atoms with Crippen LogP contribution in [-0.2, 0) is 0 Å². The van der Waals surface area contributed by atoms with Gasteiger partial charge in [0.05, 0.1) is 12.2 Å². The summed E-state index contributed by atoms with van der Waals surface area (Å²) in [5.74, 6) is 0.348. The van der Waals surface area contributed by atoms with Crippen molar-refractivity contribution in [2.24, 2.45) is 0 Å². The van der Waals surface area contributed by atoms with Crippen molar-refractivity contribution in [2.45, 2.75) is 26.1 Å². The maximum Gasteiger partial charge on any atom is 0.316 e. The predicted molar refractivity (Wildman–Crippen MR) is 99.2 cm³/mol. The number of benzene rings is 2. The lowest BCUT2D eigenvalue weighted by atomic mass is 10.1. The van der Waals surface area contributed by atoms with Crippen molar-refractivity contribution in [3.05, 3.63) is 66.1 Å². The fraction of sp³-hybridized carbons (Fsp3) is 0.250. The van der Waals surface area contributed by atoms with Gasteiger partial charge in [-0.25, -0.2) is 0 Å². The maximum atomic E-state index is 12.2. The Kier molecular flexibility index (Phi) is 5.83. The smallest absolute Gasteiger partial charge is 0.316 e. The number of carbonyl (C=O) groups excluding carboxylic acids is 1. The highest BCUT2D eigenvalue weighted by atomic mass is 16.5. The van der Waals surface area contributed by atoms with Crippen molar-refractivity contribution >= 4 is 5.91 Å². The van der Waals surface area contributed by atoms with Gasteiger partial charge in [-0.05, 0) is 43.7 Å². The molecule has 3 aromatic rings. The number of carbonyl (C=O) groups is 1. The van der Waals surface area contributed by atoms with E-state index in [1.807, 2.05) is 44.2 Å². The van der Waals surface area contributed by atoms with Crippen molar-refractivity contribution in [3.8, 4) is 17.1 Å². The molecule has 140 valence electrons. The lowest BCUT2D eigenvalue weighted by molar-refractivity contribution is 0.0873. The Morgan fingerprint density at radius 3 is 2.52 bits per heavy atom. The highest BCUT2D eigenvalue weighted by Gasteiger charge is 2.17. The third-order valence-corrected chi connectivity index (χ3v) is 3.74. The Balaban J connectivity index is 1.60. The fourth-order valence-corrected chi connectivity index (χ4v) is 2.45. The summed E-state index contributed by atoms with van der Waals surface area (Å²) in [5.41, 5.74) is 1.42. The van der Waals surface area contributed by atoms with Crippen molar-refractivity contribution in [1.82, 2.24) is 15.5 Å². The van der Waals surface area contributed by atoms with Gasteiger partial charge in [0, 0.05) is 12.1 Å². The zero-order valence-corrected chi connectivity index (χ0v) is 15.1. The van der Waals surface area contributed by atoms with E-state index < -0.39 is 12.0 Å². The summed E-state index contributed by atoms with van der Waals surface area (Å²) < 4.78 is 10.6. The van der Waals surface area contributed by atoms with Gasteiger partial charge in [-0.2, -0.15) is 4.98 Å². The van der Waals surface area contributed by atoms with Crippen LogP contribution in [0.5, 0.6) is 5.75 Å². The molecule has 0 aliphatic rings. The van der Waals surface area contributed by atoms with Crippen LogP contribution in [0.3, 0.4) is 0 Å². The molecule has 3 rings (SSSR count). The van der Waals surface area contributed by atoms with Crippen LogP contribution in [0.25, 0.3) is 11.4 Å². The van der Waals surface area contributed by atoms with Gasteiger partial charge in [0.15, 0.2) is 0 Å². The van der Waals surface area contributed by atoms with E-state index in [1.165, 1.54) is 0 Å². The first-order valence-electron chi connectivity index (χ1n) is 8.65. The number of rotatable bonds is 7. The topological polar surface area (TPSA) is 97.5 Å². The average molecular weight is 367 g/mol. The van der Waals surface area contributed by atoms with Gasteiger partial charge in [0.25, 0.3) is 0 Å². The molecule has 2 N–H and O–H groups in total. The van der Waals surface area contributed by atoms with Crippen LogP contribution < -0.4 is 10.1 Å². The summed E-state index contributed by atoms with van der Waals surface area (Å²) in [6.07, 6.45) is -0.728. The van der Waals surface area contributed by atoms with E-state index in [9.17, 15) is 9.90 Å². The van der Waals surface area contributed by atoms with E-state index in [4.69, 9.17) is 9.26 Å². The predicted octanol–water partition coefficient (Wildman–Crippen LogP) is 2.99. The van der Waals surface area contributed by atoms with Crippen molar-refractivity contribution < 1.29 is 19.2 Å². The SMILES string of the molecule is CC(C)Oc1ccc(-c2noc(C(=O)NC[C@@H](O)c3ccccc3)n2)cc1. The Hall–Kier alpha value is -3.19. The number of aromatic nitrogens is 2. The Morgan fingerprint density at radius 2 is 1.85 bits per heavy atom. The van der Waals surface area contributed by atoms with Gasteiger partial charge >= 0.3 is 11.8 Å². The number of ether oxygens (including phenoxy) is 1. The molecule has 7 heteroatoms. The molecule has 7 nitrogen and oxygen atoms in total. The number of nitrogens with one attached hydrogen (secondary N) is 1. The zero-order chi connectivity index (χ0) is 19.2. The Morgan fingerprint density at radius 1 is 1.15 bits per heavy atom. The number of aliphatic hydroxyl groups is 1. The quantitative estimate of drug-likeness (QED) is 0.666. The molecule has 0 saturated heterocycles. The van der Waals surface area contributed by atoms with Crippen molar-refractivity contribution in [3.63, 3.8) is 0 Å². The van der Waals surface area contributed by atoms with E-state index in [0.29, 0.717) is 17.0 Å². The van der Waals surface area contributed by atoms with Gasteiger partial charge in [0.2, 0.25) is 5.82 Å². The second-order valence-corrected chi connectivity index (χ2v) is 6.25. The van der Waals surface area contributed by atoms with Crippen LogP contribution in [0, 0.1) is 0 Å². The second kappa shape index (κ2) is 8.46. The van der Waals surface area contributed by atoms with Crippen LogP contribution in [0.1, 0.15) is 36.2 Å². The van der Waals surface area contributed by atoms with E-state index in [1.54, 1.807) is 24.3 Å². The lowest BCUT2D eigenvalue weighted by Crippen LogP contribution is -2.28. The summed E-state index contributed by atoms with van der Waals surface area (Å²) in [5, 5.41) is 16.5. The number of amides is 1. The molecular formula is C20H21N3O4. The minimum Gasteiger partial charge on any atom is -0.491 e. The molecule has 1 aromatic heterocycles. The zero-order valence-electron chi connectivity index (χ0n) is 15.1. The highest BCUT2D eigenvalue weighted by Crippen LogP contribution is 2.20. The first kappa shape index (κ1) is 18.6. The van der Waals surface area contributed by atoms with Crippen LogP contribution in [0.4, 0.5) is 0 Å². The standard InChI is InChI=1S/C20H21N3O4/c1-13(2)26-16-10-8-15(9-11-16)18-22-20(27-23-18)19(25)21-12-17(24)14-6-4-3-5-7-14/h3-11,13,17,24H,12H2,1-2H3,(H,21,25)/t17-/m1/s1. The maximum absolute atomic E-state index is 12.2. The summed E-state index contributed by atoms with van der Waals surface area (Å²) >= 11 is 0. The van der Waals surface area contributed by atoms with Gasteiger partial charge in [-0.15, -0.1) is 0 Å². The summed E-state index contributed by atoms with van der Waals surface area (Å²) in [4.78, 5) is 16.3. The fourth-order valence-electron chi connectivity index (χ4n) is 2.45. The third-order valence-electron chi connectivity index (χ3n) is 3.74. The second-order valence-electron chi connectivity index (χ2n) is 6.25. The number of nitrogens with zero attached hydrogens (tertiary/aromatic N) is 2. The molecule has 0 aliphatic heterocycles. The summed E-state index contributed by atoms with van der Waals surface area (Å²) in [7, 11) is 0. The van der Waals surface area contributed by atoms with E-state index in [-0.39, 0.29) is 18.5 Å². The first-order valence-corrected chi connectivity index (χ1v) is 8.65. The molecule has 0 bridgehead atoms. The first-order chi connectivity index (χ1) is 13.0. The van der Waals surface area contributed by atoms with Crippen molar-refractivity contribution in [1.29, 1.82) is 0 Å². The molecule has 27 heavy (non-hydrogen) atoms. The van der Waals surface area contributed by atoms with Crippen LogP contribution >= 0.6 is 0 Å². The molecule has 1 atom stereocenters.